The molecule has 2 aromatic carbocycles. The standard InChI is InChI=1S/C19H16N2O5S2/c22-18(12-6-7-15-16(8-12)26-11-25-15)20-19-21(13-4-2-1-3-5-13)14-9-28(23,24)10-17(14)27-19/h1-8,14,17H,9-11H2. The monoisotopic (exact) mass is 416 g/mol. The number of sulfone groups is 1. The summed E-state index contributed by atoms with van der Waals surface area (Å²) in [5.74, 6) is 0.891. The molecule has 3 aliphatic heterocycles. The summed E-state index contributed by atoms with van der Waals surface area (Å²) < 4.78 is 34.8. The second-order valence-corrected chi connectivity index (χ2v) is 10.1. The van der Waals surface area contributed by atoms with Crippen LogP contribution in [0.3, 0.4) is 0 Å². The Hall–Kier alpha value is -2.52. The maximum Gasteiger partial charge on any atom is 0.279 e. The van der Waals surface area contributed by atoms with Crippen molar-refractivity contribution in [2.24, 2.45) is 4.99 Å². The summed E-state index contributed by atoms with van der Waals surface area (Å²) >= 11 is 1.35. The van der Waals surface area contributed by atoms with Crippen LogP contribution < -0.4 is 14.4 Å². The quantitative estimate of drug-likeness (QED) is 0.743. The predicted octanol–water partition coefficient (Wildman–Crippen LogP) is 2.33. The van der Waals surface area contributed by atoms with Gasteiger partial charge < -0.3 is 14.4 Å². The van der Waals surface area contributed by atoms with Gasteiger partial charge in [-0.25, -0.2) is 8.42 Å². The maximum atomic E-state index is 12.8. The predicted molar refractivity (Wildman–Crippen MR) is 107 cm³/mol. The number of rotatable bonds is 2. The minimum Gasteiger partial charge on any atom is -0.454 e. The van der Waals surface area contributed by atoms with Gasteiger partial charge in [0.1, 0.15) is 0 Å². The smallest absolute Gasteiger partial charge is 0.279 e. The van der Waals surface area contributed by atoms with Crippen LogP contribution in [0, 0.1) is 0 Å². The van der Waals surface area contributed by atoms with E-state index >= 15 is 0 Å². The summed E-state index contributed by atoms with van der Waals surface area (Å²) in [6, 6.07) is 14.2. The number of benzene rings is 2. The maximum absolute atomic E-state index is 12.8. The second kappa shape index (κ2) is 6.52. The number of hydrogen-bond acceptors (Lipinski definition) is 6. The summed E-state index contributed by atoms with van der Waals surface area (Å²) in [5.41, 5.74) is 1.23. The molecule has 0 aromatic heterocycles. The molecule has 9 heteroatoms. The third-order valence-corrected chi connectivity index (χ3v) is 8.13. The first-order valence-electron chi connectivity index (χ1n) is 8.74. The molecule has 2 aromatic rings. The van der Waals surface area contributed by atoms with Gasteiger partial charge in [-0.3, -0.25) is 4.79 Å². The molecule has 0 radical (unpaired) electrons. The molecule has 5 rings (SSSR count). The van der Waals surface area contributed by atoms with Gasteiger partial charge >= 0.3 is 0 Å². The van der Waals surface area contributed by atoms with Gasteiger partial charge in [-0.2, -0.15) is 4.99 Å². The van der Waals surface area contributed by atoms with E-state index in [4.69, 9.17) is 9.47 Å². The average molecular weight is 416 g/mol. The first kappa shape index (κ1) is 17.6. The van der Waals surface area contributed by atoms with E-state index in [-0.39, 0.29) is 29.6 Å². The minimum absolute atomic E-state index is 0.0663. The van der Waals surface area contributed by atoms with Crippen LogP contribution in [0.15, 0.2) is 53.5 Å². The zero-order valence-electron chi connectivity index (χ0n) is 14.6. The van der Waals surface area contributed by atoms with Crippen molar-refractivity contribution in [2.45, 2.75) is 11.3 Å². The number of fused-ring (bicyclic) bond motifs is 2. The number of carbonyl (C=O) groups excluding carboxylic acids is 1. The molecule has 3 aliphatic rings. The van der Waals surface area contributed by atoms with E-state index in [1.54, 1.807) is 18.2 Å². The highest BCUT2D eigenvalue weighted by Crippen LogP contribution is 2.41. The normalized spacial score (nSPS) is 25.9. The van der Waals surface area contributed by atoms with Crippen LogP contribution in [0.1, 0.15) is 10.4 Å². The van der Waals surface area contributed by atoms with E-state index < -0.39 is 15.7 Å². The van der Waals surface area contributed by atoms with Gasteiger partial charge in [0.15, 0.2) is 26.5 Å². The van der Waals surface area contributed by atoms with E-state index in [0.717, 1.165) is 5.69 Å². The van der Waals surface area contributed by atoms with Crippen molar-refractivity contribution in [3.63, 3.8) is 0 Å². The fourth-order valence-corrected chi connectivity index (χ4v) is 7.55. The minimum atomic E-state index is -3.09. The Bertz CT molecular complexity index is 1080. The Morgan fingerprint density at radius 2 is 1.86 bits per heavy atom. The van der Waals surface area contributed by atoms with Crippen molar-refractivity contribution in [1.82, 2.24) is 0 Å². The lowest BCUT2D eigenvalue weighted by Crippen LogP contribution is -2.37. The number of thioether (sulfide) groups is 1. The SMILES string of the molecule is O=C(N=C1SC2CS(=O)(=O)CC2N1c1ccccc1)c1ccc2c(c1)OCO2. The number of amides is 1. The molecule has 2 unspecified atom stereocenters. The van der Waals surface area contributed by atoms with Crippen LogP contribution in [0.2, 0.25) is 0 Å². The van der Waals surface area contributed by atoms with Gasteiger partial charge in [0, 0.05) is 16.5 Å². The van der Waals surface area contributed by atoms with Gasteiger partial charge in [-0.05, 0) is 30.3 Å². The molecule has 28 heavy (non-hydrogen) atoms. The van der Waals surface area contributed by atoms with Crippen molar-refractivity contribution >= 4 is 38.4 Å². The topological polar surface area (TPSA) is 85.3 Å². The Balaban J connectivity index is 1.50. The van der Waals surface area contributed by atoms with Gasteiger partial charge in [0.2, 0.25) is 6.79 Å². The van der Waals surface area contributed by atoms with Crippen molar-refractivity contribution in [1.29, 1.82) is 0 Å². The highest BCUT2D eigenvalue weighted by atomic mass is 32.2. The van der Waals surface area contributed by atoms with Crippen molar-refractivity contribution in [3.05, 3.63) is 54.1 Å². The highest BCUT2D eigenvalue weighted by Gasteiger charge is 2.49. The lowest BCUT2D eigenvalue weighted by atomic mass is 10.2. The largest absolute Gasteiger partial charge is 0.454 e. The number of para-hydroxylation sites is 1. The Labute approximate surface area is 166 Å². The van der Waals surface area contributed by atoms with Crippen LogP contribution in [-0.4, -0.2) is 49.1 Å². The van der Waals surface area contributed by atoms with E-state index in [9.17, 15) is 13.2 Å². The molecule has 0 aliphatic carbocycles. The summed E-state index contributed by atoms with van der Waals surface area (Å²) in [4.78, 5) is 19.0. The number of hydrogen-bond donors (Lipinski definition) is 0. The van der Waals surface area contributed by atoms with Crippen LogP contribution in [-0.2, 0) is 9.84 Å². The van der Waals surface area contributed by atoms with E-state index in [1.165, 1.54) is 11.8 Å². The molecule has 0 bridgehead atoms. The van der Waals surface area contributed by atoms with Crippen molar-refractivity contribution < 1.29 is 22.7 Å². The summed E-state index contributed by atoms with van der Waals surface area (Å²) in [5, 5.41) is 0.396. The average Bonchev–Trinajstić information content (AvgIpc) is 3.33. The molecular formula is C19H16N2O5S2. The second-order valence-electron chi connectivity index (χ2n) is 6.77. The van der Waals surface area contributed by atoms with E-state index in [0.29, 0.717) is 22.2 Å². The molecule has 2 fully saturated rings. The molecule has 0 saturated carbocycles. The Morgan fingerprint density at radius 1 is 1.07 bits per heavy atom. The van der Waals surface area contributed by atoms with E-state index in [1.807, 2.05) is 35.2 Å². The number of amidine groups is 1. The first-order chi connectivity index (χ1) is 13.5. The van der Waals surface area contributed by atoms with Crippen LogP contribution in [0.4, 0.5) is 5.69 Å². The first-order valence-corrected chi connectivity index (χ1v) is 11.4. The molecule has 144 valence electrons. The molecule has 7 nitrogen and oxygen atoms in total. The molecule has 0 N–H and O–H groups in total. The highest BCUT2D eigenvalue weighted by molar-refractivity contribution is 8.16. The molecule has 3 heterocycles. The van der Waals surface area contributed by atoms with Gasteiger partial charge in [-0.15, -0.1) is 0 Å². The number of anilines is 1. The number of ether oxygens (including phenoxy) is 2. The lowest BCUT2D eigenvalue weighted by Gasteiger charge is -2.24. The third-order valence-electron chi connectivity index (χ3n) is 4.92. The molecule has 2 saturated heterocycles. The van der Waals surface area contributed by atoms with Crippen molar-refractivity contribution in [3.8, 4) is 11.5 Å². The van der Waals surface area contributed by atoms with Gasteiger partial charge in [0.25, 0.3) is 5.91 Å². The van der Waals surface area contributed by atoms with Crippen LogP contribution in [0.25, 0.3) is 0 Å². The molecule has 2 atom stereocenters. The van der Waals surface area contributed by atoms with Crippen LogP contribution in [0.5, 0.6) is 11.5 Å². The molecule has 0 spiro atoms. The number of nitrogens with zero attached hydrogens (tertiary/aromatic N) is 2. The van der Waals surface area contributed by atoms with E-state index in [2.05, 4.69) is 4.99 Å². The molecular weight excluding hydrogens is 400 g/mol. The Morgan fingerprint density at radius 3 is 2.68 bits per heavy atom. The number of aliphatic imine (C=N–C) groups is 1. The number of carbonyl (C=O) groups is 1. The summed E-state index contributed by atoms with van der Waals surface area (Å²) in [6.45, 7) is 0.136. The summed E-state index contributed by atoms with van der Waals surface area (Å²) in [6.07, 6.45) is 0. The van der Waals surface area contributed by atoms with Gasteiger partial charge in [-0.1, -0.05) is 30.0 Å². The summed E-state index contributed by atoms with van der Waals surface area (Å²) in [7, 11) is -3.09. The fourth-order valence-electron chi connectivity index (χ4n) is 3.64. The molecule has 1 amide bonds. The lowest BCUT2D eigenvalue weighted by molar-refractivity contribution is 0.100. The van der Waals surface area contributed by atoms with Crippen molar-refractivity contribution in [2.75, 3.05) is 23.2 Å². The third kappa shape index (κ3) is 3.04. The Kier molecular flexibility index (Phi) is 4.09. The zero-order chi connectivity index (χ0) is 19.3. The fraction of sp³-hybridized carbons (Fsp3) is 0.263. The zero-order valence-corrected chi connectivity index (χ0v) is 16.3. The van der Waals surface area contributed by atoms with Crippen LogP contribution >= 0.6 is 11.8 Å². The van der Waals surface area contributed by atoms with Gasteiger partial charge in [0.05, 0.1) is 17.5 Å².